The average molecular weight is 457 g/mol. The van der Waals surface area contributed by atoms with Gasteiger partial charge in [0.05, 0.1) is 24.9 Å². The third kappa shape index (κ3) is 12.5. The molecule has 0 spiro atoms. The predicted molar refractivity (Wildman–Crippen MR) is 127 cm³/mol. The van der Waals surface area contributed by atoms with Gasteiger partial charge < -0.3 is 10.1 Å². The summed E-state index contributed by atoms with van der Waals surface area (Å²) in [4.78, 5) is 14.8. The molecule has 4 nitrogen and oxygen atoms in total. The second kappa shape index (κ2) is 17.3. The fraction of sp³-hybridized carbons (Fsp3) is 0.600. The SMILES string of the molecule is C1CCCCC1.C\C=C/C(=C\C(=C\CC)C(F)(F)F)C(N=C(CNC=O)OC)=C(C)CC. The van der Waals surface area contributed by atoms with Crippen LogP contribution in [0, 0.1) is 0 Å². The van der Waals surface area contributed by atoms with Crippen molar-refractivity contribution in [2.75, 3.05) is 13.7 Å². The highest BCUT2D eigenvalue weighted by molar-refractivity contribution is 5.81. The van der Waals surface area contributed by atoms with E-state index >= 15 is 0 Å². The second-order valence-corrected chi connectivity index (χ2v) is 7.48. The fourth-order valence-electron chi connectivity index (χ4n) is 3.06. The number of carbonyl (C=O) groups excluding carboxylic acids is 1. The van der Waals surface area contributed by atoms with Crippen LogP contribution in [0.1, 0.15) is 79.1 Å². The van der Waals surface area contributed by atoms with Crippen LogP contribution in [0.2, 0.25) is 0 Å². The first-order valence-corrected chi connectivity index (χ1v) is 11.3. The fourth-order valence-corrected chi connectivity index (χ4v) is 3.06. The Hall–Kier alpha value is -2.31. The van der Waals surface area contributed by atoms with Crippen molar-refractivity contribution in [3.63, 3.8) is 0 Å². The zero-order chi connectivity index (χ0) is 24.4. The van der Waals surface area contributed by atoms with Crippen LogP contribution >= 0.6 is 0 Å². The Balaban J connectivity index is 0.00000136. The van der Waals surface area contributed by atoms with Crippen LogP contribution < -0.4 is 5.32 Å². The Morgan fingerprint density at radius 2 is 1.66 bits per heavy atom. The number of aliphatic imine (C=N–C) groups is 1. The number of alkyl halides is 3. The summed E-state index contributed by atoms with van der Waals surface area (Å²) in [5.74, 6) is 0.198. The van der Waals surface area contributed by atoms with Gasteiger partial charge in [-0.15, -0.1) is 0 Å². The van der Waals surface area contributed by atoms with Gasteiger partial charge in [-0.1, -0.05) is 70.6 Å². The Kier molecular flexibility index (Phi) is 16.0. The molecule has 0 atom stereocenters. The highest BCUT2D eigenvalue weighted by atomic mass is 19.4. The van der Waals surface area contributed by atoms with E-state index in [1.165, 1.54) is 45.6 Å². The van der Waals surface area contributed by atoms with Crippen molar-refractivity contribution in [2.24, 2.45) is 4.99 Å². The average Bonchev–Trinajstić information content (AvgIpc) is 2.79. The van der Waals surface area contributed by atoms with Gasteiger partial charge in [0.25, 0.3) is 0 Å². The van der Waals surface area contributed by atoms with Gasteiger partial charge in [-0.05, 0) is 38.3 Å². The number of allylic oxidation sites excluding steroid dienone is 6. The predicted octanol–water partition coefficient (Wildman–Crippen LogP) is 7.20. The molecule has 0 aliphatic heterocycles. The van der Waals surface area contributed by atoms with Crippen molar-refractivity contribution in [1.82, 2.24) is 5.32 Å². The number of amides is 1. The lowest BCUT2D eigenvalue weighted by atomic mass is 10.0. The van der Waals surface area contributed by atoms with Crippen LogP contribution in [0.15, 0.2) is 51.7 Å². The Bertz CT molecular complexity index is 687. The molecule has 0 saturated heterocycles. The standard InChI is InChI=1S/C19H27F3N2O2.C6H12/c1-6-9-15(11-16(10-7-2)19(20,21)22)18(14(4)8-3)24-17(26-5)12-23-13-25;1-2-4-6-5-3-1/h6,9-11,13H,7-8,12H2,1-5H3,(H,23,25);1-6H2/b9-6-,15-11+,16-10-,18-14?,24-17?;. The van der Waals surface area contributed by atoms with Gasteiger partial charge in [0.2, 0.25) is 12.3 Å². The molecule has 1 N–H and O–H groups in total. The molecule has 1 aliphatic carbocycles. The molecule has 1 rings (SSSR count). The quantitative estimate of drug-likeness (QED) is 0.173. The normalized spacial score (nSPS) is 16.8. The molecule has 0 aromatic carbocycles. The molecule has 1 fully saturated rings. The van der Waals surface area contributed by atoms with Crippen molar-refractivity contribution < 1.29 is 22.7 Å². The Morgan fingerprint density at radius 1 is 1.09 bits per heavy atom. The molecule has 0 heterocycles. The number of hydrogen-bond acceptors (Lipinski definition) is 3. The minimum Gasteiger partial charge on any atom is -0.483 e. The van der Waals surface area contributed by atoms with E-state index in [-0.39, 0.29) is 18.9 Å². The molecular formula is C25H39F3N2O2. The molecule has 0 aromatic heterocycles. The number of nitrogens with one attached hydrogen (secondary N) is 1. The van der Waals surface area contributed by atoms with Crippen molar-refractivity contribution in [2.45, 2.75) is 85.2 Å². The second-order valence-electron chi connectivity index (χ2n) is 7.48. The monoisotopic (exact) mass is 456 g/mol. The van der Waals surface area contributed by atoms with Crippen LogP contribution in [-0.4, -0.2) is 32.1 Å². The summed E-state index contributed by atoms with van der Waals surface area (Å²) in [6.45, 7) is 7.10. The van der Waals surface area contributed by atoms with Crippen LogP contribution in [0.5, 0.6) is 0 Å². The number of hydrogen-bond donors (Lipinski definition) is 1. The number of halogens is 3. The highest BCUT2D eigenvalue weighted by Gasteiger charge is 2.32. The van der Waals surface area contributed by atoms with Crippen LogP contribution in [0.3, 0.4) is 0 Å². The van der Waals surface area contributed by atoms with Gasteiger partial charge in [-0.2, -0.15) is 13.2 Å². The van der Waals surface area contributed by atoms with Gasteiger partial charge in [-0.3, -0.25) is 4.79 Å². The van der Waals surface area contributed by atoms with Gasteiger partial charge in [0.15, 0.2) is 0 Å². The Labute approximate surface area is 191 Å². The third-order valence-electron chi connectivity index (χ3n) is 4.93. The maximum Gasteiger partial charge on any atom is 0.416 e. The minimum atomic E-state index is -4.46. The Morgan fingerprint density at radius 3 is 2.03 bits per heavy atom. The summed E-state index contributed by atoms with van der Waals surface area (Å²) >= 11 is 0. The molecule has 32 heavy (non-hydrogen) atoms. The molecular weight excluding hydrogens is 417 g/mol. The van der Waals surface area contributed by atoms with Crippen molar-refractivity contribution in [1.29, 1.82) is 0 Å². The molecule has 7 heteroatoms. The molecule has 182 valence electrons. The molecule has 1 aliphatic rings. The van der Waals surface area contributed by atoms with E-state index in [9.17, 15) is 18.0 Å². The molecule has 0 radical (unpaired) electrons. The van der Waals surface area contributed by atoms with Gasteiger partial charge in [0.1, 0.15) is 0 Å². The van der Waals surface area contributed by atoms with Crippen molar-refractivity contribution in [3.05, 3.63) is 46.7 Å². The molecule has 1 amide bonds. The zero-order valence-corrected chi connectivity index (χ0v) is 20.1. The number of methoxy groups -OCH3 is 1. The smallest absolute Gasteiger partial charge is 0.416 e. The lowest BCUT2D eigenvalue weighted by Crippen LogP contribution is -2.23. The number of carbonyl (C=O) groups is 1. The van der Waals surface area contributed by atoms with Gasteiger partial charge >= 0.3 is 6.18 Å². The van der Waals surface area contributed by atoms with Crippen LogP contribution in [0.25, 0.3) is 0 Å². The maximum absolute atomic E-state index is 13.3. The summed E-state index contributed by atoms with van der Waals surface area (Å²) in [6, 6.07) is 0. The minimum absolute atomic E-state index is 0.0422. The van der Waals surface area contributed by atoms with Crippen LogP contribution in [0.4, 0.5) is 13.2 Å². The van der Waals surface area contributed by atoms with E-state index in [2.05, 4.69) is 10.3 Å². The summed E-state index contributed by atoms with van der Waals surface area (Å²) in [7, 11) is 1.39. The molecule has 1 saturated carbocycles. The van der Waals surface area contributed by atoms with E-state index in [0.717, 1.165) is 17.7 Å². The topological polar surface area (TPSA) is 50.7 Å². The zero-order valence-electron chi connectivity index (χ0n) is 20.1. The highest BCUT2D eigenvalue weighted by Crippen LogP contribution is 2.31. The van der Waals surface area contributed by atoms with Crippen LogP contribution in [-0.2, 0) is 9.53 Å². The summed E-state index contributed by atoms with van der Waals surface area (Å²) in [6.07, 6.45) is 11.4. The van der Waals surface area contributed by atoms with Gasteiger partial charge in [0, 0.05) is 5.57 Å². The summed E-state index contributed by atoms with van der Waals surface area (Å²) < 4.78 is 45.0. The van der Waals surface area contributed by atoms with E-state index in [1.807, 2.05) is 6.92 Å². The van der Waals surface area contributed by atoms with E-state index in [0.29, 0.717) is 24.1 Å². The summed E-state index contributed by atoms with van der Waals surface area (Å²) in [5.41, 5.74) is 0.786. The first-order valence-electron chi connectivity index (χ1n) is 11.3. The van der Waals surface area contributed by atoms with Gasteiger partial charge in [-0.25, -0.2) is 4.99 Å². The lowest BCUT2D eigenvalue weighted by molar-refractivity contribution is -0.109. The summed E-state index contributed by atoms with van der Waals surface area (Å²) in [5, 5.41) is 2.43. The number of rotatable bonds is 9. The van der Waals surface area contributed by atoms with E-state index in [4.69, 9.17) is 4.74 Å². The van der Waals surface area contributed by atoms with E-state index < -0.39 is 11.7 Å². The third-order valence-corrected chi connectivity index (χ3v) is 4.93. The van der Waals surface area contributed by atoms with E-state index in [1.54, 1.807) is 32.9 Å². The first-order chi connectivity index (χ1) is 15.2. The number of nitrogens with zero attached hydrogens (tertiary/aromatic N) is 1. The lowest BCUT2D eigenvalue weighted by Gasteiger charge is -2.14. The van der Waals surface area contributed by atoms with Crippen molar-refractivity contribution >= 4 is 12.3 Å². The molecule has 0 aromatic rings. The number of ether oxygens (including phenoxy) is 1. The maximum atomic E-state index is 13.3. The molecule has 0 unspecified atom stereocenters. The molecule has 0 bridgehead atoms. The largest absolute Gasteiger partial charge is 0.483 e. The van der Waals surface area contributed by atoms with Crippen molar-refractivity contribution in [3.8, 4) is 0 Å². The first kappa shape index (κ1) is 29.7.